The third kappa shape index (κ3) is 3.18. The molecule has 0 unspecified atom stereocenters. The molecule has 0 bridgehead atoms. The Morgan fingerprint density at radius 3 is 2.35 bits per heavy atom. The highest BCUT2D eigenvalue weighted by Crippen LogP contribution is 2.15. The maximum Gasteiger partial charge on any atom is 0.426 e. The van der Waals surface area contributed by atoms with Crippen molar-refractivity contribution < 1.29 is 14.3 Å². The Morgan fingerprint density at radius 2 is 1.83 bits per heavy atom. The third-order valence-electron chi connectivity index (χ3n) is 3.31. The Bertz CT molecular complexity index is 775. The Hall–Kier alpha value is -2.83. The molecule has 1 heterocycles. The summed E-state index contributed by atoms with van der Waals surface area (Å²) in [7, 11) is 0. The minimum atomic E-state index is -0.787. The predicted molar refractivity (Wildman–Crippen MR) is 85.8 cm³/mol. The molecule has 0 saturated heterocycles. The van der Waals surface area contributed by atoms with Gasteiger partial charge in [0.25, 0.3) is 0 Å². The Balaban J connectivity index is 2.67. The van der Waals surface area contributed by atoms with E-state index in [1.165, 1.54) is 11.5 Å². The van der Waals surface area contributed by atoms with Crippen molar-refractivity contribution in [2.24, 2.45) is 0 Å². The molecule has 1 aromatic heterocycles. The van der Waals surface area contributed by atoms with E-state index in [9.17, 15) is 14.4 Å². The van der Waals surface area contributed by atoms with Crippen LogP contribution in [0.15, 0.2) is 35.1 Å². The topological polar surface area (TPSA) is 82.3 Å². The fraction of sp³-hybridized carbons (Fsp3) is 0.312. The van der Waals surface area contributed by atoms with Crippen molar-refractivity contribution in [3.05, 3.63) is 52.2 Å². The number of imidazole rings is 1. The lowest BCUT2D eigenvalue weighted by Crippen LogP contribution is -2.35. The number of amides is 1. The van der Waals surface area contributed by atoms with Crippen molar-refractivity contribution in [3.8, 4) is 5.69 Å². The summed E-state index contributed by atoms with van der Waals surface area (Å²) in [6.07, 6.45) is -0.332. The Morgan fingerprint density at radius 1 is 1.17 bits per heavy atom. The number of para-hydroxylation sites is 1. The first-order valence-corrected chi connectivity index (χ1v) is 7.38. The number of carbonyl (C=O) groups excluding carboxylic acids is 2. The number of ketones is 1. The van der Waals surface area contributed by atoms with Crippen LogP contribution in [0.25, 0.3) is 5.69 Å². The van der Waals surface area contributed by atoms with Crippen LogP contribution in [0.3, 0.4) is 0 Å². The van der Waals surface area contributed by atoms with Crippen LogP contribution in [-0.2, 0) is 11.2 Å². The second-order valence-corrected chi connectivity index (χ2v) is 4.83. The lowest BCUT2D eigenvalue weighted by Gasteiger charge is -2.07. The number of hydrogen-bond donors (Lipinski definition) is 1. The molecular formula is C16H19N3O4. The number of rotatable bonds is 5. The summed E-state index contributed by atoms with van der Waals surface area (Å²) in [5.74, 6) is -0.314. The molecule has 1 aromatic carbocycles. The molecule has 7 heteroatoms. The van der Waals surface area contributed by atoms with Crippen molar-refractivity contribution in [2.45, 2.75) is 27.2 Å². The second-order valence-electron chi connectivity index (χ2n) is 4.83. The van der Waals surface area contributed by atoms with E-state index in [0.29, 0.717) is 17.8 Å². The van der Waals surface area contributed by atoms with Gasteiger partial charge in [0.1, 0.15) is 5.69 Å². The van der Waals surface area contributed by atoms with Gasteiger partial charge in [-0.3, -0.25) is 9.36 Å². The van der Waals surface area contributed by atoms with Gasteiger partial charge < -0.3 is 4.74 Å². The van der Waals surface area contributed by atoms with Crippen LogP contribution < -0.4 is 11.1 Å². The first-order valence-electron chi connectivity index (χ1n) is 7.38. The highest BCUT2D eigenvalue weighted by Gasteiger charge is 2.24. The van der Waals surface area contributed by atoms with Gasteiger partial charge in [-0.1, -0.05) is 25.1 Å². The quantitative estimate of drug-likeness (QED) is 0.856. The number of carbonyl (C=O) groups is 2. The number of nitrogens with zero attached hydrogens (tertiary/aromatic N) is 2. The Kier molecular flexibility index (Phi) is 5.00. The van der Waals surface area contributed by atoms with Gasteiger partial charge in [0.05, 0.1) is 18.0 Å². The normalized spacial score (nSPS) is 10.4. The molecule has 2 aromatic rings. The smallest absolute Gasteiger partial charge is 0.426 e. The number of ether oxygens (including phenoxy) is 1. The molecular weight excluding hydrogens is 298 g/mol. The summed E-state index contributed by atoms with van der Waals surface area (Å²) < 4.78 is 7.16. The van der Waals surface area contributed by atoms with Crippen molar-refractivity contribution in [1.82, 2.24) is 9.24 Å². The van der Waals surface area contributed by atoms with Gasteiger partial charge in [-0.25, -0.2) is 15.0 Å². The third-order valence-corrected chi connectivity index (χ3v) is 3.31. The van der Waals surface area contributed by atoms with Crippen LogP contribution in [0.2, 0.25) is 0 Å². The fourth-order valence-electron chi connectivity index (χ4n) is 2.43. The number of nitrogens with one attached hydrogen (secondary N) is 1. The van der Waals surface area contributed by atoms with Crippen LogP contribution in [0.5, 0.6) is 0 Å². The molecule has 0 spiro atoms. The molecule has 0 radical (unpaired) electrons. The van der Waals surface area contributed by atoms with Gasteiger partial charge in [0.2, 0.25) is 0 Å². The van der Waals surface area contributed by atoms with Crippen molar-refractivity contribution >= 4 is 11.9 Å². The zero-order valence-corrected chi connectivity index (χ0v) is 13.3. The zero-order chi connectivity index (χ0) is 17.0. The molecule has 23 heavy (non-hydrogen) atoms. The molecule has 2 rings (SSSR count). The summed E-state index contributed by atoms with van der Waals surface area (Å²) >= 11 is 0. The first kappa shape index (κ1) is 16.5. The molecule has 122 valence electrons. The first-order chi connectivity index (χ1) is 11.0. The molecule has 0 aliphatic carbocycles. The molecule has 0 aliphatic heterocycles. The average molecular weight is 317 g/mol. The lowest BCUT2D eigenvalue weighted by atomic mass is 10.2. The maximum absolute atomic E-state index is 12.7. The number of Topliss-reactive ketones (excluding diaryl/α,β-unsaturated/α-hetero) is 1. The van der Waals surface area contributed by atoms with E-state index in [1.807, 2.05) is 13.0 Å². The van der Waals surface area contributed by atoms with E-state index in [2.05, 4.69) is 5.43 Å². The maximum atomic E-state index is 12.7. The molecule has 1 amide bonds. The van der Waals surface area contributed by atoms with Crippen molar-refractivity contribution in [3.63, 3.8) is 0 Å². The fourth-order valence-corrected chi connectivity index (χ4v) is 2.43. The minimum Gasteiger partial charge on any atom is -0.449 e. The monoisotopic (exact) mass is 317 g/mol. The molecule has 7 nitrogen and oxygen atoms in total. The summed E-state index contributed by atoms with van der Waals surface area (Å²) in [5, 5.41) is 0. The highest BCUT2D eigenvalue weighted by atomic mass is 16.6. The van der Waals surface area contributed by atoms with Gasteiger partial charge in [-0.15, -0.1) is 0 Å². The van der Waals surface area contributed by atoms with Crippen molar-refractivity contribution in [2.75, 3.05) is 12.0 Å². The van der Waals surface area contributed by atoms with E-state index in [-0.39, 0.29) is 18.1 Å². The SMILES string of the molecule is CCOC(=O)Nn1c(C(C)=O)c(CC)n(-c2ccccc2)c1=O. The summed E-state index contributed by atoms with van der Waals surface area (Å²) in [6, 6.07) is 8.95. The summed E-state index contributed by atoms with van der Waals surface area (Å²) in [5.41, 5.74) is 3.11. The van der Waals surface area contributed by atoms with E-state index in [1.54, 1.807) is 31.2 Å². The highest BCUT2D eigenvalue weighted by molar-refractivity contribution is 5.94. The number of benzene rings is 1. The van der Waals surface area contributed by atoms with Crippen LogP contribution in [0.4, 0.5) is 4.79 Å². The molecule has 0 aliphatic rings. The molecule has 0 saturated carbocycles. The van der Waals surface area contributed by atoms with E-state index < -0.39 is 11.8 Å². The van der Waals surface area contributed by atoms with Gasteiger partial charge in [0, 0.05) is 6.92 Å². The van der Waals surface area contributed by atoms with E-state index >= 15 is 0 Å². The standard InChI is InChI=1S/C16H19N3O4/c1-4-13-14(11(3)20)19(17-15(21)23-5-2)16(22)18(13)12-9-7-6-8-10-12/h6-10H,4-5H2,1-3H3,(H,17,21). The summed E-state index contributed by atoms with van der Waals surface area (Å²) in [4.78, 5) is 36.4. The molecule has 0 atom stereocenters. The van der Waals surface area contributed by atoms with E-state index in [4.69, 9.17) is 4.74 Å². The largest absolute Gasteiger partial charge is 0.449 e. The van der Waals surface area contributed by atoms with Gasteiger partial charge in [-0.05, 0) is 25.5 Å². The predicted octanol–water partition coefficient (Wildman–Crippen LogP) is 2.10. The molecule has 1 N–H and O–H groups in total. The lowest BCUT2D eigenvalue weighted by molar-refractivity contribution is 0.100. The Labute approximate surface area is 133 Å². The van der Waals surface area contributed by atoms with Crippen molar-refractivity contribution in [1.29, 1.82) is 0 Å². The van der Waals surface area contributed by atoms with Crippen LogP contribution in [0.1, 0.15) is 37.0 Å². The molecule has 0 fully saturated rings. The van der Waals surface area contributed by atoms with Gasteiger partial charge in [-0.2, -0.15) is 4.68 Å². The average Bonchev–Trinajstić information content (AvgIpc) is 2.80. The second kappa shape index (κ2) is 6.95. The minimum absolute atomic E-state index is 0.148. The summed E-state index contributed by atoms with van der Waals surface area (Å²) in [6.45, 7) is 5.01. The van der Waals surface area contributed by atoms with Crippen LogP contribution in [0, 0.1) is 0 Å². The van der Waals surface area contributed by atoms with Gasteiger partial charge in [0.15, 0.2) is 5.78 Å². The van der Waals surface area contributed by atoms with Gasteiger partial charge >= 0.3 is 11.8 Å². The van der Waals surface area contributed by atoms with E-state index in [0.717, 1.165) is 4.68 Å². The van der Waals surface area contributed by atoms with Crippen LogP contribution >= 0.6 is 0 Å². The number of hydrogen-bond acceptors (Lipinski definition) is 4. The van der Waals surface area contributed by atoms with Crippen LogP contribution in [-0.4, -0.2) is 27.7 Å². The zero-order valence-electron chi connectivity index (χ0n) is 13.3. The number of aromatic nitrogens is 2.